The SMILES string of the molecule is CCCCOP(=O)(OCCCC)OCCCC.C[C@H](CCC(=O)O)[C@H]1CCC2C3C(C[C@H](O)[C@@]21C)[C@@]1(C)CC[C@@H](O)C[C@H]1C[C@H]3O. The molecule has 4 aliphatic rings. The number of hydrogen-bond acceptors (Lipinski definition) is 8. The topological polar surface area (TPSA) is 143 Å². The zero-order chi connectivity index (χ0) is 34.1. The molecule has 0 heterocycles. The molecule has 0 aromatic rings. The maximum Gasteiger partial charge on any atom is 0.474 e. The summed E-state index contributed by atoms with van der Waals surface area (Å²) >= 11 is 0. The van der Waals surface area contributed by atoms with Gasteiger partial charge in [0.15, 0.2) is 0 Å². The zero-order valence-electron chi connectivity index (χ0n) is 29.7. The fraction of sp³-hybridized carbons (Fsp3) is 0.972. The van der Waals surface area contributed by atoms with Crippen LogP contribution in [-0.2, 0) is 22.9 Å². The number of carboxylic acids is 1. The van der Waals surface area contributed by atoms with Crippen molar-refractivity contribution >= 4 is 13.8 Å². The van der Waals surface area contributed by atoms with Crippen molar-refractivity contribution in [1.82, 2.24) is 0 Å². The van der Waals surface area contributed by atoms with Crippen LogP contribution in [0.4, 0.5) is 0 Å². The van der Waals surface area contributed by atoms with Gasteiger partial charge in [0.2, 0.25) is 0 Å². The van der Waals surface area contributed by atoms with Crippen LogP contribution >= 0.6 is 7.82 Å². The average Bonchev–Trinajstić information content (AvgIpc) is 3.36. The normalized spacial score (nSPS) is 37.8. The molecule has 0 saturated heterocycles. The van der Waals surface area contributed by atoms with Crippen molar-refractivity contribution in [3.05, 3.63) is 0 Å². The van der Waals surface area contributed by atoms with E-state index < -0.39 is 19.9 Å². The van der Waals surface area contributed by atoms with Crippen LogP contribution in [0.25, 0.3) is 0 Å². The molecule has 4 rings (SSSR count). The maximum absolute atomic E-state index is 12.2. The van der Waals surface area contributed by atoms with Crippen molar-refractivity contribution in [3.8, 4) is 0 Å². The fourth-order valence-electron chi connectivity index (χ4n) is 9.76. The second-order valence-electron chi connectivity index (χ2n) is 15.4. The summed E-state index contributed by atoms with van der Waals surface area (Å²) in [6.45, 7) is 14.2. The zero-order valence-corrected chi connectivity index (χ0v) is 30.6. The predicted molar refractivity (Wildman–Crippen MR) is 180 cm³/mol. The van der Waals surface area contributed by atoms with Crippen LogP contribution in [0.15, 0.2) is 0 Å². The molecule has 4 fully saturated rings. The lowest BCUT2D eigenvalue weighted by Gasteiger charge is -2.63. The molecular formula is C36H67O9P. The van der Waals surface area contributed by atoms with Crippen LogP contribution in [0, 0.1) is 46.3 Å². The van der Waals surface area contributed by atoms with E-state index >= 15 is 0 Å². The highest BCUT2D eigenvalue weighted by atomic mass is 31.2. The summed E-state index contributed by atoms with van der Waals surface area (Å²) in [5.41, 5.74) is -0.143. The lowest BCUT2D eigenvalue weighted by Crippen LogP contribution is -2.62. The first-order chi connectivity index (χ1) is 21.8. The Morgan fingerprint density at radius 3 is 1.93 bits per heavy atom. The standard InChI is InChI=1S/C24H40O5.C12H27O4P/c1-13(4-7-21(28)29)16-5-6-17-22-18(12-20(27)24(16,17)3)23(2)9-8-15(25)10-14(23)11-19(22)26;1-4-7-10-14-17(13,15-11-8-5-2)16-12-9-6-3/h13-20,22,25-27H,4-12H2,1-3H3,(H,28,29);4-12H2,1-3H3/t13-,14+,15-,16-,17?,18?,19-,20+,22?,23+,24-;/m1./s1. The van der Waals surface area contributed by atoms with Crippen LogP contribution < -0.4 is 0 Å². The Labute approximate surface area is 279 Å². The molecule has 0 spiro atoms. The largest absolute Gasteiger partial charge is 0.481 e. The first-order valence-corrected chi connectivity index (χ1v) is 20.0. The Hall–Kier alpha value is -0.540. The van der Waals surface area contributed by atoms with E-state index in [0.29, 0.717) is 49.9 Å². The molecule has 0 aliphatic heterocycles. The maximum atomic E-state index is 12.2. The lowest BCUT2D eigenvalue weighted by molar-refractivity contribution is -0.207. The van der Waals surface area contributed by atoms with E-state index in [-0.39, 0.29) is 41.3 Å². The number of rotatable bonds is 16. The van der Waals surface area contributed by atoms with Crippen molar-refractivity contribution < 1.29 is 43.4 Å². The Balaban J connectivity index is 0.000000292. The van der Waals surface area contributed by atoms with Gasteiger partial charge in [-0.2, -0.15) is 0 Å². The first-order valence-electron chi connectivity index (χ1n) is 18.6. The van der Waals surface area contributed by atoms with Crippen LogP contribution in [0.5, 0.6) is 0 Å². The molecule has 9 nitrogen and oxygen atoms in total. The summed E-state index contributed by atoms with van der Waals surface area (Å²) in [4.78, 5) is 11.1. The molecule has 4 aliphatic carbocycles. The highest BCUT2D eigenvalue weighted by Crippen LogP contribution is 2.68. The van der Waals surface area contributed by atoms with E-state index in [1.807, 2.05) is 0 Å². The Morgan fingerprint density at radius 2 is 1.41 bits per heavy atom. The van der Waals surface area contributed by atoms with Gasteiger partial charge >= 0.3 is 13.8 Å². The van der Waals surface area contributed by atoms with Gasteiger partial charge in [0, 0.05) is 6.42 Å². The van der Waals surface area contributed by atoms with Crippen LogP contribution in [0.1, 0.15) is 138 Å². The number of carboxylic acid groups (broad SMARTS) is 1. The van der Waals surface area contributed by atoms with Gasteiger partial charge in [0.05, 0.1) is 38.1 Å². The van der Waals surface area contributed by atoms with Gasteiger partial charge in [0.1, 0.15) is 0 Å². The minimum atomic E-state index is -3.31. The van der Waals surface area contributed by atoms with E-state index in [4.69, 9.17) is 18.7 Å². The molecule has 0 amide bonds. The van der Waals surface area contributed by atoms with Gasteiger partial charge in [-0.3, -0.25) is 18.4 Å². The van der Waals surface area contributed by atoms with Crippen molar-refractivity contribution in [2.45, 2.75) is 156 Å². The van der Waals surface area contributed by atoms with Crippen LogP contribution in [0.2, 0.25) is 0 Å². The van der Waals surface area contributed by atoms with Crippen molar-refractivity contribution in [2.24, 2.45) is 46.3 Å². The molecule has 11 atom stereocenters. The van der Waals surface area contributed by atoms with Crippen LogP contribution in [-0.4, -0.2) is 64.5 Å². The number of hydrogen-bond donors (Lipinski definition) is 4. The third-order valence-electron chi connectivity index (χ3n) is 12.6. The van der Waals surface area contributed by atoms with E-state index in [9.17, 15) is 24.7 Å². The summed E-state index contributed by atoms with van der Waals surface area (Å²) in [6.07, 6.45) is 11.6. The van der Waals surface area contributed by atoms with E-state index in [0.717, 1.165) is 83.5 Å². The number of unbranched alkanes of at least 4 members (excludes halogenated alkanes) is 3. The molecule has 4 saturated carbocycles. The molecule has 0 aromatic carbocycles. The van der Waals surface area contributed by atoms with Crippen molar-refractivity contribution in [1.29, 1.82) is 0 Å². The number of aliphatic hydroxyl groups is 3. The number of phosphoric ester groups is 1. The molecule has 10 heteroatoms. The minimum Gasteiger partial charge on any atom is -0.481 e. The van der Waals surface area contributed by atoms with E-state index in [2.05, 4.69) is 41.5 Å². The monoisotopic (exact) mass is 674 g/mol. The van der Waals surface area contributed by atoms with Gasteiger partial charge in [-0.1, -0.05) is 60.8 Å². The molecule has 0 bridgehead atoms. The predicted octanol–water partition coefficient (Wildman–Crippen LogP) is 7.99. The highest BCUT2D eigenvalue weighted by Gasteiger charge is 2.65. The summed E-state index contributed by atoms with van der Waals surface area (Å²) in [7, 11) is -3.31. The molecule has 270 valence electrons. The van der Waals surface area contributed by atoms with E-state index in [1.54, 1.807) is 0 Å². The van der Waals surface area contributed by atoms with Gasteiger partial charge in [0.25, 0.3) is 0 Å². The molecular weight excluding hydrogens is 607 g/mol. The van der Waals surface area contributed by atoms with Gasteiger partial charge in [-0.25, -0.2) is 4.57 Å². The summed E-state index contributed by atoms with van der Waals surface area (Å²) in [5.74, 6) is 0.997. The molecule has 46 heavy (non-hydrogen) atoms. The summed E-state index contributed by atoms with van der Waals surface area (Å²) in [6, 6.07) is 0. The Morgan fingerprint density at radius 1 is 0.848 bits per heavy atom. The Kier molecular flexibility index (Phi) is 15.5. The third kappa shape index (κ3) is 9.37. The molecule has 0 radical (unpaired) electrons. The Bertz CT molecular complexity index is 946. The molecule has 3 unspecified atom stereocenters. The third-order valence-corrected chi connectivity index (χ3v) is 14.1. The van der Waals surface area contributed by atoms with Gasteiger partial charge < -0.3 is 20.4 Å². The van der Waals surface area contributed by atoms with Crippen LogP contribution in [0.3, 0.4) is 0 Å². The second-order valence-corrected chi connectivity index (χ2v) is 17.1. The number of aliphatic hydroxyl groups excluding tert-OH is 3. The number of carbonyl (C=O) groups is 1. The number of aliphatic carboxylic acids is 1. The smallest absolute Gasteiger partial charge is 0.474 e. The highest BCUT2D eigenvalue weighted by molar-refractivity contribution is 7.48. The second kappa shape index (κ2) is 17.9. The number of fused-ring (bicyclic) bond motifs is 5. The fourth-order valence-corrected chi connectivity index (χ4v) is 11.0. The van der Waals surface area contributed by atoms with E-state index in [1.165, 1.54) is 0 Å². The number of phosphoric acid groups is 1. The lowest BCUT2D eigenvalue weighted by atomic mass is 9.43. The van der Waals surface area contributed by atoms with Crippen molar-refractivity contribution in [2.75, 3.05) is 19.8 Å². The van der Waals surface area contributed by atoms with Crippen molar-refractivity contribution in [3.63, 3.8) is 0 Å². The molecule has 0 aromatic heterocycles. The first kappa shape index (κ1) is 39.9. The average molecular weight is 675 g/mol. The quantitative estimate of drug-likeness (QED) is 0.0946. The van der Waals surface area contributed by atoms with Gasteiger partial charge in [-0.05, 0) is 117 Å². The summed E-state index contributed by atoms with van der Waals surface area (Å²) < 4.78 is 28.0. The molecule has 4 N–H and O–H groups in total. The summed E-state index contributed by atoms with van der Waals surface area (Å²) in [5, 5.41) is 42.0. The van der Waals surface area contributed by atoms with Gasteiger partial charge in [-0.15, -0.1) is 0 Å². The minimum absolute atomic E-state index is 0.0957.